The molecular formula is C17H27NO2. The molecule has 0 bridgehead atoms. The summed E-state index contributed by atoms with van der Waals surface area (Å²) < 4.78 is 0. The monoisotopic (exact) mass is 277 g/mol. The lowest BCUT2D eigenvalue weighted by molar-refractivity contribution is -0.139. The van der Waals surface area contributed by atoms with Crippen LogP contribution in [0.3, 0.4) is 0 Å². The van der Waals surface area contributed by atoms with Crippen LogP contribution in [-0.4, -0.2) is 23.2 Å². The molecule has 1 rings (SSSR count). The van der Waals surface area contributed by atoms with E-state index in [-0.39, 0.29) is 11.5 Å². The van der Waals surface area contributed by atoms with Gasteiger partial charge in [-0.2, -0.15) is 0 Å². The zero-order chi connectivity index (χ0) is 15.2. The molecule has 1 aromatic carbocycles. The van der Waals surface area contributed by atoms with Gasteiger partial charge in [0.05, 0.1) is 0 Å². The van der Waals surface area contributed by atoms with Gasteiger partial charge in [0.25, 0.3) is 0 Å². The van der Waals surface area contributed by atoms with Gasteiger partial charge in [0, 0.05) is 6.04 Å². The number of hydrogen-bond donors (Lipinski definition) is 2. The maximum atomic E-state index is 11.4. The lowest BCUT2D eigenvalue weighted by Gasteiger charge is -2.24. The minimum absolute atomic E-state index is 0.207. The third kappa shape index (κ3) is 6.71. The van der Waals surface area contributed by atoms with Crippen LogP contribution in [-0.2, 0) is 11.2 Å². The highest BCUT2D eigenvalue weighted by Crippen LogP contribution is 2.21. The van der Waals surface area contributed by atoms with Crippen LogP contribution in [0.1, 0.15) is 46.1 Å². The standard InChI is InChI=1S/C17H27NO2/c1-13(10-11-17(2,3)4)18-15(16(19)20)12-14-8-6-5-7-9-14/h5-9,13,15,18H,10-12H2,1-4H3,(H,19,20)/t13?,15-/m0/s1. The van der Waals surface area contributed by atoms with E-state index in [0.29, 0.717) is 6.42 Å². The summed E-state index contributed by atoms with van der Waals surface area (Å²) >= 11 is 0. The van der Waals surface area contributed by atoms with Crippen LogP contribution in [0.2, 0.25) is 0 Å². The molecule has 20 heavy (non-hydrogen) atoms. The highest BCUT2D eigenvalue weighted by atomic mass is 16.4. The Kier molecular flexibility index (Phi) is 6.21. The summed E-state index contributed by atoms with van der Waals surface area (Å²) in [6, 6.07) is 9.45. The van der Waals surface area contributed by atoms with Gasteiger partial charge in [-0.05, 0) is 37.2 Å². The fraction of sp³-hybridized carbons (Fsp3) is 0.588. The lowest BCUT2D eigenvalue weighted by Crippen LogP contribution is -2.43. The summed E-state index contributed by atoms with van der Waals surface area (Å²) in [6.45, 7) is 8.68. The molecule has 0 saturated carbocycles. The minimum atomic E-state index is -0.781. The molecule has 3 nitrogen and oxygen atoms in total. The van der Waals surface area contributed by atoms with Crippen LogP contribution in [0.15, 0.2) is 30.3 Å². The zero-order valence-electron chi connectivity index (χ0n) is 13.0. The molecule has 3 heteroatoms. The average Bonchev–Trinajstić information content (AvgIpc) is 2.36. The van der Waals surface area contributed by atoms with Gasteiger partial charge in [0.1, 0.15) is 6.04 Å². The molecule has 0 saturated heterocycles. The first-order valence-electron chi connectivity index (χ1n) is 7.31. The van der Waals surface area contributed by atoms with Crippen molar-refractivity contribution in [3.8, 4) is 0 Å². The highest BCUT2D eigenvalue weighted by molar-refractivity contribution is 5.74. The number of aliphatic carboxylic acids is 1. The van der Waals surface area contributed by atoms with Crippen molar-refractivity contribution < 1.29 is 9.90 Å². The number of carboxylic acids is 1. The van der Waals surface area contributed by atoms with Crippen LogP contribution < -0.4 is 5.32 Å². The molecule has 0 spiro atoms. The van der Waals surface area contributed by atoms with Crippen molar-refractivity contribution in [2.24, 2.45) is 5.41 Å². The first-order valence-corrected chi connectivity index (χ1v) is 7.31. The third-order valence-corrected chi connectivity index (χ3v) is 3.39. The van der Waals surface area contributed by atoms with Gasteiger partial charge >= 0.3 is 5.97 Å². The molecule has 0 aliphatic rings. The fourth-order valence-electron chi connectivity index (χ4n) is 2.14. The molecule has 0 amide bonds. The van der Waals surface area contributed by atoms with Crippen molar-refractivity contribution in [2.45, 2.75) is 59.0 Å². The highest BCUT2D eigenvalue weighted by Gasteiger charge is 2.21. The Labute approximate surface area is 122 Å². The molecule has 2 atom stereocenters. The average molecular weight is 277 g/mol. The first-order chi connectivity index (χ1) is 9.28. The third-order valence-electron chi connectivity index (χ3n) is 3.39. The lowest BCUT2D eigenvalue weighted by atomic mass is 9.89. The molecule has 0 heterocycles. The van der Waals surface area contributed by atoms with Gasteiger partial charge in [0.15, 0.2) is 0 Å². The molecule has 1 unspecified atom stereocenters. The molecule has 0 radical (unpaired) electrons. The molecule has 0 aromatic heterocycles. The first kappa shape index (κ1) is 16.7. The molecule has 0 fully saturated rings. The SMILES string of the molecule is CC(CCC(C)(C)C)N[C@@H](Cc1ccccc1)C(=O)O. The maximum absolute atomic E-state index is 11.4. The molecule has 1 aromatic rings. The van der Waals surface area contributed by atoms with Gasteiger partial charge in [-0.3, -0.25) is 4.79 Å². The molecule has 2 N–H and O–H groups in total. The van der Waals surface area contributed by atoms with E-state index in [0.717, 1.165) is 18.4 Å². The Morgan fingerprint density at radius 3 is 2.35 bits per heavy atom. The topological polar surface area (TPSA) is 49.3 Å². The van der Waals surface area contributed by atoms with Crippen LogP contribution in [0.4, 0.5) is 0 Å². The van der Waals surface area contributed by atoms with E-state index in [2.05, 4.69) is 33.0 Å². The number of nitrogens with one attached hydrogen (secondary N) is 1. The van der Waals surface area contributed by atoms with Gasteiger partial charge in [0.2, 0.25) is 0 Å². The van der Waals surface area contributed by atoms with E-state index in [1.807, 2.05) is 30.3 Å². The van der Waals surface area contributed by atoms with Crippen molar-refractivity contribution >= 4 is 5.97 Å². The second-order valence-corrected chi connectivity index (χ2v) is 6.75. The molecule has 112 valence electrons. The summed E-state index contributed by atoms with van der Waals surface area (Å²) in [5.41, 5.74) is 1.34. The summed E-state index contributed by atoms with van der Waals surface area (Å²) in [6.07, 6.45) is 2.59. The predicted octanol–water partition coefficient (Wildman–Crippen LogP) is 3.49. The van der Waals surface area contributed by atoms with E-state index < -0.39 is 12.0 Å². The predicted molar refractivity (Wildman–Crippen MR) is 82.9 cm³/mol. The molecule has 0 aliphatic heterocycles. The van der Waals surface area contributed by atoms with Gasteiger partial charge in [-0.1, -0.05) is 51.1 Å². The van der Waals surface area contributed by atoms with E-state index in [4.69, 9.17) is 0 Å². The second-order valence-electron chi connectivity index (χ2n) is 6.75. The number of carbonyl (C=O) groups is 1. The van der Waals surface area contributed by atoms with E-state index in [1.165, 1.54) is 0 Å². The summed E-state index contributed by atoms with van der Waals surface area (Å²) in [4.78, 5) is 11.4. The molecule has 0 aliphatic carbocycles. The number of carboxylic acid groups (broad SMARTS) is 1. The number of rotatable bonds is 7. The van der Waals surface area contributed by atoms with E-state index in [1.54, 1.807) is 0 Å². The Balaban J connectivity index is 2.53. The Hall–Kier alpha value is -1.35. The summed E-state index contributed by atoms with van der Waals surface area (Å²) in [7, 11) is 0. The van der Waals surface area contributed by atoms with Crippen molar-refractivity contribution in [1.29, 1.82) is 0 Å². The summed E-state index contributed by atoms with van der Waals surface area (Å²) in [5.74, 6) is -0.781. The number of hydrogen-bond acceptors (Lipinski definition) is 2. The Morgan fingerprint density at radius 2 is 1.85 bits per heavy atom. The summed E-state index contributed by atoms with van der Waals surface area (Å²) in [5, 5.41) is 12.6. The quantitative estimate of drug-likeness (QED) is 0.802. The maximum Gasteiger partial charge on any atom is 0.321 e. The van der Waals surface area contributed by atoms with Crippen LogP contribution >= 0.6 is 0 Å². The van der Waals surface area contributed by atoms with Gasteiger partial charge < -0.3 is 10.4 Å². The Morgan fingerprint density at radius 1 is 1.25 bits per heavy atom. The smallest absolute Gasteiger partial charge is 0.321 e. The van der Waals surface area contributed by atoms with Gasteiger partial charge in [-0.25, -0.2) is 0 Å². The van der Waals surface area contributed by atoms with Crippen LogP contribution in [0.5, 0.6) is 0 Å². The normalized spacial score (nSPS) is 14.8. The van der Waals surface area contributed by atoms with E-state index >= 15 is 0 Å². The second kappa shape index (κ2) is 7.44. The number of benzene rings is 1. The minimum Gasteiger partial charge on any atom is -0.480 e. The van der Waals surface area contributed by atoms with Crippen molar-refractivity contribution in [3.63, 3.8) is 0 Å². The largest absolute Gasteiger partial charge is 0.480 e. The van der Waals surface area contributed by atoms with Crippen molar-refractivity contribution in [3.05, 3.63) is 35.9 Å². The van der Waals surface area contributed by atoms with E-state index in [9.17, 15) is 9.90 Å². The van der Waals surface area contributed by atoms with Crippen LogP contribution in [0.25, 0.3) is 0 Å². The molecular weight excluding hydrogens is 250 g/mol. The van der Waals surface area contributed by atoms with Crippen LogP contribution in [0, 0.1) is 5.41 Å². The zero-order valence-corrected chi connectivity index (χ0v) is 13.0. The van der Waals surface area contributed by atoms with Crippen molar-refractivity contribution in [1.82, 2.24) is 5.32 Å². The van der Waals surface area contributed by atoms with Gasteiger partial charge in [-0.15, -0.1) is 0 Å². The van der Waals surface area contributed by atoms with Crippen molar-refractivity contribution in [2.75, 3.05) is 0 Å². The fourth-order valence-corrected chi connectivity index (χ4v) is 2.14. The Bertz CT molecular complexity index is 409.